The van der Waals surface area contributed by atoms with Crippen LogP contribution in [-0.4, -0.2) is 32.2 Å². The summed E-state index contributed by atoms with van der Waals surface area (Å²) in [6.45, 7) is 0. The quantitative estimate of drug-likeness (QED) is 0.845. The van der Waals surface area contributed by atoms with Crippen LogP contribution in [0.25, 0.3) is 10.9 Å². The maximum Gasteiger partial charge on any atom is 0.311 e. The average Bonchev–Trinajstić information content (AvgIpc) is 2.38. The highest BCUT2D eigenvalue weighted by molar-refractivity contribution is 5.83. The van der Waals surface area contributed by atoms with Gasteiger partial charge in [-0.2, -0.15) is 0 Å². The van der Waals surface area contributed by atoms with Crippen LogP contribution in [0.3, 0.4) is 0 Å². The third-order valence-corrected chi connectivity index (χ3v) is 2.95. The van der Waals surface area contributed by atoms with Crippen LogP contribution >= 0.6 is 0 Å². The van der Waals surface area contributed by atoms with Crippen LogP contribution in [0.1, 0.15) is 5.69 Å². The molecular formula is C14H16N2O3. The normalized spacial score (nSPS) is 10.5. The largest absolute Gasteiger partial charge is 0.469 e. The molecule has 0 aliphatic rings. The number of carbonyl (C=O) groups is 1. The van der Waals surface area contributed by atoms with E-state index in [2.05, 4.69) is 9.72 Å². The van der Waals surface area contributed by atoms with Gasteiger partial charge in [-0.3, -0.25) is 9.59 Å². The van der Waals surface area contributed by atoms with Gasteiger partial charge in [0.15, 0.2) is 5.43 Å². The van der Waals surface area contributed by atoms with Crippen LogP contribution in [0, 0.1) is 0 Å². The lowest BCUT2D eigenvalue weighted by molar-refractivity contribution is -0.139. The van der Waals surface area contributed by atoms with Gasteiger partial charge >= 0.3 is 5.97 Å². The van der Waals surface area contributed by atoms with Crippen molar-refractivity contribution in [3.8, 4) is 0 Å². The predicted octanol–water partition coefficient (Wildman–Crippen LogP) is 1.31. The zero-order valence-corrected chi connectivity index (χ0v) is 11.2. The molecule has 1 heterocycles. The molecule has 5 heteroatoms. The number of aromatic amines is 1. The Morgan fingerprint density at radius 3 is 2.68 bits per heavy atom. The van der Waals surface area contributed by atoms with Crippen LogP contribution in [0.4, 0.5) is 5.69 Å². The Hall–Kier alpha value is -2.30. The summed E-state index contributed by atoms with van der Waals surface area (Å²) < 4.78 is 4.59. The second-order valence-electron chi connectivity index (χ2n) is 4.54. The molecule has 1 aromatic carbocycles. The van der Waals surface area contributed by atoms with Gasteiger partial charge < -0.3 is 14.6 Å². The van der Waals surface area contributed by atoms with Crippen LogP contribution in [0.2, 0.25) is 0 Å². The third kappa shape index (κ3) is 2.76. The maximum absolute atomic E-state index is 12.1. The van der Waals surface area contributed by atoms with Gasteiger partial charge in [0.2, 0.25) is 0 Å². The van der Waals surface area contributed by atoms with Crippen LogP contribution in [-0.2, 0) is 16.0 Å². The minimum atomic E-state index is -0.375. The number of aromatic nitrogens is 1. The first-order chi connectivity index (χ1) is 9.01. The molecule has 0 fully saturated rings. The number of methoxy groups -OCH3 is 1. The first kappa shape index (κ1) is 13.1. The first-order valence-electron chi connectivity index (χ1n) is 5.91. The lowest BCUT2D eigenvalue weighted by atomic mass is 10.1. The zero-order chi connectivity index (χ0) is 14.0. The Morgan fingerprint density at radius 2 is 2.05 bits per heavy atom. The monoisotopic (exact) mass is 260 g/mol. The summed E-state index contributed by atoms with van der Waals surface area (Å²) in [5.74, 6) is -0.375. The average molecular weight is 260 g/mol. The molecule has 1 N–H and O–H groups in total. The van der Waals surface area contributed by atoms with Gasteiger partial charge in [-0.1, -0.05) is 0 Å². The summed E-state index contributed by atoms with van der Waals surface area (Å²) in [5, 5.41) is 0.611. The number of H-pyrrole nitrogens is 1. The van der Waals surface area contributed by atoms with E-state index < -0.39 is 0 Å². The number of benzene rings is 1. The highest BCUT2D eigenvalue weighted by atomic mass is 16.5. The number of anilines is 1. The van der Waals surface area contributed by atoms with E-state index in [-0.39, 0.29) is 17.8 Å². The molecule has 0 saturated carbocycles. The van der Waals surface area contributed by atoms with Crippen molar-refractivity contribution in [1.29, 1.82) is 0 Å². The van der Waals surface area contributed by atoms with Gasteiger partial charge in [-0.15, -0.1) is 0 Å². The van der Waals surface area contributed by atoms with E-state index in [1.54, 1.807) is 0 Å². The summed E-state index contributed by atoms with van der Waals surface area (Å²) in [7, 11) is 5.16. The molecule has 0 aliphatic heterocycles. The Labute approximate surface area is 110 Å². The molecule has 0 aliphatic carbocycles. The molecule has 0 bridgehead atoms. The Morgan fingerprint density at radius 1 is 1.32 bits per heavy atom. The molecule has 100 valence electrons. The van der Waals surface area contributed by atoms with Crippen molar-refractivity contribution >= 4 is 22.6 Å². The van der Waals surface area contributed by atoms with Crippen molar-refractivity contribution in [2.75, 3.05) is 26.1 Å². The molecule has 0 saturated heterocycles. The molecule has 1 aromatic heterocycles. The lowest BCUT2D eigenvalue weighted by Crippen LogP contribution is -2.12. The van der Waals surface area contributed by atoms with Crippen LogP contribution in [0.5, 0.6) is 0 Å². The number of pyridine rings is 1. The summed E-state index contributed by atoms with van der Waals surface area (Å²) in [6.07, 6.45) is 0.0666. The van der Waals surface area contributed by atoms with Crippen molar-refractivity contribution < 1.29 is 9.53 Å². The predicted molar refractivity (Wildman–Crippen MR) is 74.6 cm³/mol. The molecule has 2 rings (SSSR count). The number of fused-ring (bicyclic) bond motifs is 1. The second-order valence-corrected chi connectivity index (χ2v) is 4.54. The van der Waals surface area contributed by atoms with Crippen molar-refractivity contribution in [3.05, 3.63) is 40.2 Å². The molecule has 0 unspecified atom stereocenters. The van der Waals surface area contributed by atoms with Crippen LogP contribution < -0.4 is 10.3 Å². The maximum atomic E-state index is 12.1. The van der Waals surface area contributed by atoms with Gasteiger partial charge in [-0.05, 0) is 18.2 Å². The lowest BCUT2D eigenvalue weighted by Gasteiger charge is -2.13. The molecule has 0 atom stereocenters. The van der Waals surface area contributed by atoms with E-state index in [1.807, 2.05) is 37.2 Å². The third-order valence-electron chi connectivity index (χ3n) is 2.95. The van der Waals surface area contributed by atoms with Crippen molar-refractivity contribution in [3.63, 3.8) is 0 Å². The summed E-state index contributed by atoms with van der Waals surface area (Å²) >= 11 is 0. The number of nitrogens with zero attached hydrogens (tertiary/aromatic N) is 1. The van der Waals surface area contributed by atoms with Gasteiger partial charge in [-0.25, -0.2) is 0 Å². The van der Waals surface area contributed by atoms with E-state index in [0.29, 0.717) is 11.1 Å². The molecule has 0 amide bonds. The molecule has 19 heavy (non-hydrogen) atoms. The zero-order valence-electron chi connectivity index (χ0n) is 11.2. The molecular weight excluding hydrogens is 244 g/mol. The fourth-order valence-corrected chi connectivity index (χ4v) is 1.89. The molecule has 2 aromatic rings. The Balaban J connectivity index is 2.50. The summed E-state index contributed by atoms with van der Waals surface area (Å²) in [5.41, 5.74) is 2.13. The van der Waals surface area contributed by atoms with Gasteiger partial charge in [0.25, 0.3) is 0 Å². The topological polar surface area (TPSA) is 62.4 Å². The minimum absolute atomic E-state index is 0.0666. The van der Waals surface area contributed by atoms with E-state index in [1.165, 1.54) is 13.2 Å². The minimum Gasteiger partial charge on any atom is -0.469 e. The van der Waals surface area contributed by atoms with E-state index in [4.69, 9.17) is 0 Å². The van der Waals surface area contributed by atoms with Gasteiger partial charge in [0.1, 0.15) is 0 Å². The molecule has 5 nitrogen and oxygen atoms in total. The number of hydrogen-bond acceptors (Lipinski definition) is 4. The van der Waals surface area contributed by atoms with E-state index in [0.717, 1.165) is 11.2 Å². The van der Waals surface area contributed by atoms with Crippen molar-refractivity contribution in [2.45, 2.75) is 6.42 Å². The fraction of sp³-hybridized carbons (Fsp3) is 0.286. The number of hydrogen-bond donors (Lipinski definition) is 1. The highest BCUT2D eigenvalue weighted by Crippen LogP contribution is 2.17. The van der Waals surface area contributed by atoms with E-state index >= 15 is 0 Å². The number of nitrogens with one attached hydrogen (secondary N) is 1. The molecule has 0 radical (unpaired) electrons. The van der Waals surface area contributed by atoms with Gasteiger partial charge in [0.05, 0.1) is 13.5 Å². The Kier molecular flexibility index (Phi) is 3.55. The second kappa shape index (κ2) is 5.14. The number of esters is 1. The smallest absolute Gasteiger partial charge is 0.311 e. The standard InChI is InChI=1S/C14H16N2O3/c1-16(2)10-4-5-12-11(8-10)13(17)6-9(15-12)7-14(18)19-3/h4-6,8H,7H2,1-3H3,(H,15,17). The summed E-state index contributed by atoms with van der Waals surface area (Å²) in [6, 6.07) is 7.03. The van der Waals surface area contributed by atoms with Crippen molar-refractivity contribution in [1.82, 2.24) is 4.98 Å². The number of carbonyl (C=O) groups excluding carboxylic acids is 1. The first-order valence-corrected chi connectivity index (χ1v) is 5.91. The SMILES string of the molecule is COC(=O)Cc1cc(=O)c2cc(N(C)C)ccc2[nH]1. The summed E-state index contributed by atoms with van der Waals surface area (Å²) in [4.78, 5) is 28.3. The number of rotatable bonds is 3. The van der Waals surface area contributed by atoms with Gasteiger partial charge in [0, 0.05) is 42.4 Å². The fourth-order valence-electron chi connectivity index (χ4n) is 1.89. The van der Waals surface area contributed by atoms with E-state index in [9.17, 15) is 9.59 Å². The van der Waals surface area contributed by atoms with Crippen molar-refractivity contribution in [2.24, 2.45) is 0 Å². The highest BCUT2D eigenvalue weighted by Gasteiger charge is 2.08. The number of ether oxygens (including phenoxy) is 1. The Bertz CT molecular complexity index is 674. The van der Waals surface area contributed by atoms with Crippen LogP contribution in [0.15, 0.2) is 29.1 Å². The molecule has 0 spiro atoms.